The van der Waals surface area contributed by atoms with E-state index in [1.54, 1.807) is 173 Å². The predicted molar refractivity (Wildman–Crippen MR) is 222 cm³/mol. The van der Waals surface area contributed by atoms with Crippen molar-refractivity contribution in [3.63, 3.8) is 0 Å². The molecular formula is C52H85. The van der Waals surface area contributed by atoms with Gasteiger partial charge in [0.2, 0.25) is 0 Å². The maximum Gasteiger partial charge on any atom is 0.0119 e. The molecule has 8 fully saturated rings. The fourth-order valence-electron chi connectivity index (χ4n) is 17.3. The van der Waals surface area contributed by atoms with Crippen molar-refractivity contribution in [3.05, 3.63) is 17.6 Å². The second-order valence-corrected chi connectivity index (χ2v) is 22.0. The summed E-state index contributed by atoms with van der Waals surface area (Å²) in [5, 5.41) is 0. The van der Waals surface area contributed by atoms with Gasteiger partial charge in [-0.05, 0) is 166 Å². The number of rotatable bonds is 8. The highest BCUT2D eigenvalue weighted by molar-refractivity contribution is 5.52. The Kier molecular flexibility index (Phi) is 12.5. The van der Waals surface area contributed by atoms with E-state index >= 15 is 0 Å². The van der Waals surface area contributed by atoms with Crippen LogP contribution in [0.15, 0.2) is 11.1 Å². The van der Waals surface area contributed by atoms with Crippen molar-refractivity contribution in [1.82, 2.24) is 0 Å². The molecule has 0 spiro atoms. The lowest BCUT2D eigenvalue weighted by atomic mass is 9.53. The highest BCUT2D eigenvalue weighted by Gasteiger charge is 2.55. The molecule has 0 nitrogen and oxygen atoms in total. The lowest BCUT2D eigenvalue weighted by molar-refractivity contribution is -0.0230. The molecule has 8 saturated carbocycles. The largest absolute Gasteiger partial charge is 0.0654 e. The monoisotopic (exact) mass is 710 g/mol. The quantitative estimate of drug-likeness (QED) is 0.220. The van der Waals surface area contributed by atoms with Crippen LogP contribution in [0.2, 0.25) is 0 Å². The van der Waals surface area contributed by atoms with Crippen molar-refractivity contribution >= 4 is 0 Å². The molecule has 9 rings (SSSR count). The number of allylic oxidation sites excluding steroid dienone is 2. The third-order valence-corrected chi connectivity index (χ3v) is 19.6. The third-order valence-electron chi connectivity index (χ3n) is 19.6. The molecule has 0 aliphatic heterocycles. The van der Waals surface area contributed by atoms with Gasteiger partial charge in [0, 0.05) is 6.42 Å². The van der Waals surface area contributed by atoms with Crippen LogP contribution in [0.4, 0.5) is 0 Å². The fourth-order valence-corrected chi connectivity index (χ4v) is 17.3. The third kappa shape index (κ3) is 8.11. The molecule has 0 heterocycles. The number of fused-ring (bicyclic) bond motifs is 3. The fraction of sp³-hybridized carbons (Fsp3) is 0.942. The molecule has 0 saturated heterocycles. The highest BCUT2D eigenvalue weighted by atomic mass is 14.6. The highest BCUT2D eigenvalue weighted by Crippen LogP contribution is 2.64. The van der Waals surface area contributed by atoms with E-state index in [1.807, 2.05) is 11.1 Å². The summed E-state index contributed by atoms with van der Waals surface area (Å²) in [6.07, 6.45) is 54.6. The predicted octanol–water partition coefficient (Wildman–Crippen LogP) is 15.7. The Balaban J connectivity index is 1.07. The Morgan fingerprint density at radius 1 is 0.385 bits per heavy atom. The molecule has 0 N–H and O–H groups in total. The van der Waals surface area contributed by atoms with Crippen molar-refractivity contribution in [1.29, 1.82) is 0 Å². The van der Waals surface area contributed by atoms with Crippen LogP contribution in [0.3, 0.4) is 0 Å². The minimum atomic E-state index is 0.934. The van der Waals surface area contributed by atoms with Gasteiger partial charge in [-0.1, -0.05) is 153 Å². The van der Waals surface area contributed by atoms with Gasteiger partial charge in [-0.2, -0.15) is 0 Å². The molecular weight excluding hydrogens is 625 g/mol. The van der Waals surface area contributed by atoms with Crippen molar-refractivity contribution in [2.45, 2.75) is 219 Å². The van der Waals surface area contributed by atoms with E-state index < -0.39 is 0 Å². The first-order chi connectivity index (χ1) is 25.7. The maximum absolute atomic E-state index is 2.73. The van der Waals surface area contributed by atoms with Crippen molar-refractivity contribution in [2.75, 3.05) is 0 Å². The molecule has 293 valence electrons. The molecule has 9 aliphatic rings. The van der Waals surface area contributed by atoms with Gasteiger partial charge in [0.15, 0.2) is 0 Å². The molecule has 12 unspecified atom stereocenters. The topological polar surface area (TPSA) is 0 Å². The SMILES string of the molecule is CCCCC1=C(C2CCC3C(C2)C(C2CC(C4CCCCCC4)C[C@H](C4CCCCC4)C2)CC2CCCCC2C3C2CCCCC3CCCCC32)[CH]1. The van der Waals surface area contributed by atoms with Crippen LogP contribution in [0.25, 0.3) is 0 Å². The molecule has 0 aromatic heterocycles. The first kappa shape index (κ1) is 37.3. The Morgan fingerprint density at radius 2 is 0.904 bits per heavy atom. The Labute approximate surface area is 324 Å². The first-order valence-electron chi connectivity index (χ1n) is 25.3. The summed E-state index contributed by atoms with van der Waals surface area (Å²) in [5.41, 5.74) is 3.74. The van der Waals surface area contributed by atoms with E-state index in [0.717, 1.165) is 88.8 Å². The molecule has 0 aromatic rings. The second kappa shape index (κ2) is 17.5. The summed E-state index contributed by atoms with van der Waals surface area (Å²) in [6.45, 7) is 2.40. The summed E-state index contributed by atoms with van der Waals surface area (Å²) in [6, 6.07) is 0. The van der Waals surface area contributed by atoms with Crippen LogP contribution >= 0.6 is 0 Å². The number of unbranched alkanes of at least 4 members (excludes halogenated alkanes) is 1. The molecule has 0 heteroatoms. The molecule has 52 heavy (non-hydrogen) atoms. The zero-order chi connectivity index (χ0) is 34.9. The molecule has 0 aromatic carbocycles. The average molecular weight is 710 g/mol. The summed E-state index contributed by atoms with van der Waals surface area (Å²) in [4.78, 5) is 0. The van der Waals surface area contributed by atoms with E-state index in [9.17, 15) is 0 Å². The van der Waals surface area contributed by atoms with Gasteiger partial charge in [0.25, 0.3) is 0 Å². The summed E-state index contributed by atoms with van der Waals surface area (Å²) in [5.74, 6) is 16.1. The van der Waals surface area contributed by atoms with Crippen LogP contribution in [-0.2, 0) is 0 Å². The van der Waals surface area contributed by atoms with Gasteiger partial charge in [0.05, 0.1) is 0 Å². The lowest BCUT2D eigenvalue weighted by Gasteiger charge is -2.52. The van der Waals surface area contributed by atoms with Crippen LogP contribution in [0, 0.1) is 95.2 Å². The van der Waals surface area contributed by atoms with Gasteiger partial charge in [-0.25, -0.2) is 0 Å². The summed E-state index contributed by atoms with van der Waals surface area (Å²) < 4.78 is 0. The molecule has 9 aliphatic carbocycles. The molecule has 0 amide bonds. The first-order valence-corrected chi connectivity index (χ1v) is 25.3. The minimum Gasteiger partial charge on any atom is -0.0654 e. The lowest BCUT2D eigenvalue weighted by Crippen LogP contribution is -2.44. The van der Waals surface area contributed by atoms with Crippen LogP contribution in [0.5, 0.6) is 0 Å². The zero-order valence-electron chi connectivity index (χ0n) is 34.6. The van der Waals surface area contributed by atoms with Gasteiger partial charge in [0.1, 0.15) is 0 Å². The van der Waals surface area contributed by atoms with E-state index in [0.29, 0.717) is 0 Å². The Hall–Kier alpha value is -0.260. The van der Waals surface area contributed by atoms with E-state index in [1.165, 1.54) is 38.5 Å². The smallest absolute Gasteiger partial charge is 0.0119 e. The zero-order valence-corrected chi connectivity index (χ0v) is 34.6. The van der Waals surface area contributed by atoms with Crippen molar-refractivity contribution in [3.8, 4) is 0 Å². The van der Waals surface area contributed by atoms with Gasteiger partial charge < -0.3 is 0 Å². The standard InChI is InChI=1S/C52H85/c1-2-3-17-40-33-49(40)41-28-29-48-51(35-41)50(44-31-42(36-18-7-4-5-8-19-36)30-43(32-44)37-20-9-6-10-21-37)34-39-24-13-15-26-46(39)52(48)47-27-16-12-23-38-22-11-14-25-45(38)47/h33,36-39,41-48,50-52H,2-32,34-35H2,1H3/t38?,39?,41?,42?,43-,44?,45?,46?,47?,48?,50?,51?,52?/m0/s1. The van der Waals surface area contributed by atoms with Crippen LogP contribution in [-0.4, -0.2) is 0 Å². The number of hydrogen-bond acceptors (Lipinski definition) is 0. The van der Waals surface area contributed by atoms with E-state index in [2.05, 4.69) is 13.3 Å². The molecule has 0 bridgehead atoms. The van der Waals surface area contributed by atoms with Crippen molar-refractivity contribution in [2.24, 2.45) is 88.8 Å². The molecule has 1 radical (unpaired) electrons. The minimum absolute atomic E-state index is 0.934. The maximum atomic E-state index is 2.73. The average Bonchev–Trinajstić information content (AvgIpc) is 4.04. The molecule has 13 atom stereocenters. The Morgan fingerprint density at radius 3 is 1.58 bits per heavy atom. The summed E-state index contributed by atoms with van der Waals surface area (Å²) in [7, 11) is 0. The number of hydrogen-bond donors (Lipinski definition) is 0. The Bertz CT molecular complexity index is 1150. The van der Waals surface area contributed by atoms with Crippen LogP contribution < -0.4 is 0 Å². The van der Waals surface area contributed by atoms with E-state index in [-0.39, 0.29) is 0 Å². The normalized spacial score (nSPS) is 45.5. The van der Waals surface area contributed by atoms with E-state index in [4.69, 9.17) is 0 Å². The van der Waals surface area contributed by atoms with Gasteiger partial charge in [-0.15, -0.1) is 0 Å². The van der Waals surface area contributed by atoms with Crippen molar-refractivity contribution < 1.29 is 0 Å². The van der Waals surface area contributed by atoms with Crippen LogP contribution in [0.1, 0.15) is 219 Å². The van der Waals surface area contributed by atoms with Gasteiger partial charge >= 0.3 is 0 Å². The second-order valence-electron chi connectivity index (χ2n) is 22.0. The van der Waals surface area contributed by atoms with Gasteiger partial charge in [-0.3, -0.25) is 0 Å². The summed E-state index contributed by atoms with van der Waals surface area (Å²) >= 11 is 0.